The Morgan fingerprint density at radius 2 is 1.72 bits per heavy atom. The maximum atomic E-state index is 12.8. The van der Waals surface area contributed by atoms with Gasteiger partial charge >= 0.3 is 0 Å². The topological polar surface area (TPSA) is 9.23 Å². The van der Waals surface area contributed by atoms with E-state index in [0.29, 0.717) is 5.92 Å². The molecule has 2 aromatic rings. The highest BCUT2D eigenvalue weighted by molar-refractivity contribution is 5.37. The van der Waals surface area contributed by atoms with Gasteiger partial charge in [0.15, 0.2) is 0 Å². The van der Waals surface area contributed by atoms with Crippen LogP contribution in [0.5, 0.6) is 5.75 Å². The molecule has 0 aliphatic rings. The van der Waals surface area contributed by atoms with Crippen LogP contribution in [0.25, 0.3) is 0 Å². The highest BCUT2D eigenvalue weighted by Gasteiger charge is 2.11. The first-order valence-electron chi connectivity index (χ1n) is 6.08. The molecule has 1 atom stereocenters. The number of rotatable bonds is 4. The fourth-order valence-corrected chi connectivity index (χ4v) is 2.16. The van der Waals surface area contributed by atoms with Crippen molar-refractivity contribution >= 4 is 0 Å². The summed E-state index contributed by atoms with van der Waals surface area (Å²) in [6.07, 6.45) is 0.876. The van der Waals surface area contributed by atoms with Crippen LogP contribution in [0.2, 0.25) is 0 Å². The van der Waals surface area contributed by atoms with E-state index in [1.54, 1.807) is 7.11 Å². The molecule has 0 saturated carbocycles. The second-order valence-corrected chi connectivity index (χ2v) is 4.47. The molecule has 2 rings (SSSR count). The lowest BCUT2D eigenvalue weighted by Crippen LogP contribution is -2.01. The Balaban J connectivity index is 2.16. The van der Waals surface area contributed by atoms with Crippen LogP contribution in [0.15, 0.2) is 48.5 Å². The van der Waals surface area contributed by atoms with Gasteiger partial charge in [-0.05, 0) is 41.7 Å². The van der Waals surface area contributed by atoms with Gasteiger partial charge < -0.3 is 4.74 Å². The molecule has 0 fully saturated rings. The van der Waals surface area contributed by atoms with Gasteiger partial charge in [0, 0.05) is 0 Å². The Morgan fingerprint density at radius 1 is 1.06 bits per heavy atom. The molecule has 0 aromatic heterocycles. The Bertz CT molecular complexity index is 505. The predicted molar refractivity (Wildman–Crippen MR) is 71.5 cm³/mol. The van der Waals surface area contributed by atoms with E-state index in [-0.39, 0.29) is 5.82 Å². The van der Waals surface area contributed by atoms with Gasteiger partial charge in [-0.15, -0.1) is 0 Å². The summed E-state index contributed by atoms with van der Waals surface area (Å²) in [5, 5.41) is 0. The number of halogens is 1. The third-order valence-electron chi connectivity index (χ3n) is 3.12. The molecule has 0 amide bonds. The Hall–Kier alpha value is -1.83. The van der Waals surface area contributed by atoms with Gasteiger partial charge in [0.25, 0.3) is 0 Å². The number of hydrogen-bond donors (Lipinski definition) is 0. The second-order valence-electron chi connectivity index (χ2n) is 4.47. The van der Waals surface area contributed by atoms with Crippen LogP contribution in [-0.4, -0.2) is 7.11 Å². The third kappa shape index (κ3) is 2.89. The highest BCUT2D eigenvalue weighted by Crippen LogP contribution is 2.28. The monoisotopic (exact) mass is 244 g/mol. The molecule has 0 radical (unpaired) electrons. The molecule has 1 nitrogen and oxygen atoms in total. The summed E-state index contributed by atoms with van der Waals surface area (Å²) >= 11 is 0. The summed E-state index contributed by atoms with van der Waals surface area (Å²) in [6.45, 7) is 2.15. The van der Waals surface area contributed by atoms with Crippen molar-refractivity contribution in [2.24, 2.45) is 0 Å². The van der Waals surface area contributed by atoms with Crippen molar-refractivity contribution in [1.29, 1.82) is 0 Å². The molecule has 0 aliphatic heterocycles. The maximum absolute atomic E-state index is 12.8. The molecule has 94 valence electrons. The highest BCUT2D eigenvalue weighted by atomic mass is 19.1. The number of para-hydroxylation sites is 1. The van der Waals surface area contributed by atoms with E-state index in [1.807, 2.05) is 30.3 Å². The number of methoxy groups -OCH3 is 1. The van der Waals surface area contributed by atoms with Crippen molar-refractivity contribution in [1.82, 2.24) is 0 Å². The summed E-state index contributed by atoms with van der Waals surface area (Å²) < 4.78 is 18.2. The first-order valence-corrected chi connectivity index (χ1v) is 6.08. The summed E-state index contributed by atoms with van der Waals surface area (Å²) in [4.78, 5) is 0. The quantitative estimate of drug-likeness (QED) is 0.784. The molecule has 0 aliphatic carbocycles. The third-order valence-corrected chi connectivity index (χ3v) is 3.12. The summed E-state index contributed by atoms with van der Waals surface area (Å²) in [5.41, 5.74) is 2.32. The first kappa shape index (κ1) is 12.6. The zero-order valence-electron chi connectivity index (χ0n) is 10.7. The fraction of sp³-hybridized carbons (Fsp3) is 0.250. The summed E-state index contributed by atoms with van der Waals surface area (Å²) in [7, 11) is 1.68. The molecular weight excluding hydrogens is 227 g/mol. The van der Waals surface area contributed by atoms with E-state index < -0.39 is 0 Å². The minimum atomic E-state index is -0.191. The zero-order valence-corrected chi connectivity index (χ0v) is 10.7. The second kappa shape index (κ2) is 5.67. The number of hydrogen-bond acceptors (Lipinski definition) is 1. The molecule has 0 heterocycles. The van der Waals surface area contributed by atoms with Gasteiger partial charge in [-0.3, -0.25) is 0 Å². The standard InChI is InChI=1S/C16H17FO/c1-12(11-13-7-9-14(17)10-8-13)15-5-3-4-6-16(15)18-2/h3-10,12H,11H2,1-2H3. The van der Waals surface area contributed by atoms with E-state index in [1.165, 1.54) is 17.7 Å². The van der Waals surface area contributed by atoms with E-state index in [2.05, 4.69) is 13.0 Å². The van der Waals surface area contributed by atoms with Crippen LogP contribution in [0, 0.1) is 5.82 Å². The smallest absolute Gasteiger partial charge is 0.123 e. The largest absolute Gasteiger partial charge is 0.496 e. The van der Waals surface area contributed by atoms with Gasteiger partial charge in [0.2, 0.25) is 0 Å². The lowest BCUT2D eigenvalue weighted by Gasteiger charge is -2.15. The lowest BCUT2D eigenvalue weighted by molar-refractivity contribution is 0.406. The molecule has 1 unspecified atom stereocenters. The summed E-state index contributed by atoms with van der Waals surface area (Å²) in [5.74, 6) is 1.06. The Morgan fingerprint density at radius 3 is 2.39 bits per heavy atom. The average Bonchev–Trinajstić information content (AvgIpc) is 2.41. The Labute approximate surface area is 107 Å². The molecule has 0 spiro atoms. The van der Waals surface area contributed by atoms with E-state index in [0.717, 1.165) is 17.7 Å². The Kier molecular flexibility index (Phi) is 3.98. The predicted octanol–water partition coefficient (Wildman–Crippen LogP) is 4.18. The average molecular weight is 244 g/mol. The SMILES string of the molecule is COc1ccccc1C(C)Cc1ccc(F)cc1. The molecule has 0 bridgehead atoms. The van der Waals surface area contributed by atoms with Gasteiger partial charge in [0.05, 0.1) is 7.11 Å². The van der Waals surface area contributed by atoms with E-state index in [4.69, 9.17) is 4.74 Å². The van der Waals surface area contributed by atoms with Crippen molar-refractivity contribution in [3.05, 3.63) is 65.5 Å². The van der Waals surface area contributed by atoms with Crippen molar-refractivity contribution < 1.29 is 9.13 Å². The molecule has 0 saturated heterocycles. The van der Waals surface area contributed by atoms with Crippen molar-refractivity contribution in [2.45, 2.75) is 19.3 Å². The fourth-order valence-electron chi connectivity index (χ4n) is 2.16. The normalized spacial score (nSPS) is 12.2. The van der Waals surface area contributed by atoms with Crippen LogP contribution in [0.1, 0.15) is 24.0 Å². The van der Waals surface area contributed by atoms with Crippen molar-refractivity contribution in [2.75, 3.05) is 7.11 Å². The van der Waals surface area contributed by atoms with Gasteiger partial charge in [-0.2, -0.15) is 0 Å². The molecule has 2 heteroatoms. The molecule has 2 aromatic carbocycles. The minimum Gasteiger partial charge on any atom is -0.496 e. The van der Waals surface area contributed by atoms with E-state index in [9.17, 15) is 4.39 Å². The number of ether oxygens (including phenoxy) is 1. The minimum absolute atomic E-state index is 0.191. The van der Waals surface area contributed by atoms with Crippen LogP contribution >= 0.6 is 0 Å². The van der Waals surface area contributed by atoms with Crippen molar-refractivity contribution in [3.63, 3.8) is 0 Å². The first-order chi connectivity index (χ1) is 8.70. The van der Waals surface area contributed by atoms with Gasteiger partial charge in [-0.1, -0.05) is 37.3 Å². The lowest BCUT2D eigenvalue weighted by atomic mass is 9.93. The number of benzene rings is 2. The van der Waals surface area contributed by atoms with Crippen molar-refractivity contribution in [3.8, 4) is 5.75 Å². The van der Waals surface area contributed by atoms with Crippen LogP contribution < -0.4 is 4.74 Å². The summed E-state index contributed by atoms with van der Waals surface area (Å²) in [6, 6.07) is 14.7. The maximum Gasteiger partial charge on any atom is 0.123 e. The molecular formula is C16H17FO. The van der Waals surface area contributed by atoms with Gasteiger partial charge in [-0.25, -0.2) is 4.39 Å². The van der Waals surface area contributed by atoms with Crippen LogP contribution in [-0.2, 0) is 6.42 Å². The van der Waals surface area contributed by atoms with Crippen LogP contribution in [0.3, 0.4) is 0 Å². The molecule has 0 N–H and O–H groups in total. The van der Waals surface area contributed by atoms with Crippen LogP contribution in [0.4, 0.5) is 4.39 Å². The zero-order chi connectivity index (χ0) is 13.0. The molecule has 18 heavy (non-hydrogen) atoms. The van der Waals surface area contributed by atoms with E-state index >= 15 is 0 Å². The van der Waals surface area contributed by atoms with Gasteiger partial charge in [0.1, 0.15) is 11.6 Å².